The minimum Gasteiger partial charge on any atom is -0.497 e. The predicted molar refractivity (Wildman–Crippen MR) is 92.0 cm³/mol. The van der Waals surface area contributed by atoms with Crippen molar-refractivity contribution in [2.45, 2.75) is 35.7 Å². The van der Waals surface area contributed by atoms with E-state index in [0.29, 0.717) is 0 Å². The quantitative estimate of drug-likeness (QED) is 0.839. The Morgan fingerprint density at radius 3 is 2.30 bits per heavy atom. The van der Waals surface area contributed by atoms with Crippen LogP contribution in [0.2, 0.25) is 0 Å². The van der Waals surface area contributed by atoms with Crippen LogP contribution in [0, 0.1) is 0 Å². The molecule has 3 nitrogen and oxygen atoms in total. The highest BCUT2D eigenvalue weighted by Crippen LogP contribution is 2.45. The lowest BCUT2D eigenvalue weighted by Gasteiger charge is -2.19. The molecule has 120 valence electrons. The maximum absolute atomic E-state index is 12.8. The fourth-order valence-corrected chi connectivity index (χ4v) is 4.05. The first-order valence-electron chi connectivity index (χ1n) is 7.59. The summed E-state index contributed by atoms with van der Waals surface area (Å²) in [5.74, 6) is 0.928. The molecule has 3 rings (SSSR count). The Morgan fingerprint density at radius 2 is 1.70 bits per heavy atom. The Hall–Kier alpha value is -1.78. The Bertz CT molecular complexity index is 680. The van der Waals surface area contributed by atoms with Gasteiger partial charge in [-0.1, -0.05) is 30.3 Å². The van der Waals surface area contributed by atoms with Gasteiger partial charge >= 0.3 is 0 Å². The van der Waals surface area contributed by atoms with Crippen LogP contribution in [-0.4, -0.2) is 23.7 Å². The Kier molecular flexibility index (Phi) is 4.46. The van der Waals surface area contributed by atoms with Crippen LogP contribution < -0.4 is 4.74 Å². The summed E-state index contributed by atoms with van der Waals surface area (Å²) >= 11 is 1.57. The van der Waals surface area contributed by atoms with Gasteiger partial charge in [-0.25, -0.2) is 0 Å². The Morgan fingerprint density at radius 1 is 1.04 bits per heavy atom. The number of carbonyl (C=O) groups excluding carboxylic acids is 1. The fraction of sp³-hybridized carbons (Fsp3) is 0.316. The van der Waals surface area contributed by atoms with Gasteiger partial charge in [0, 0.05) is 4.90 Å². The first-order chi connectivity index (χ1) is 11.0. The molecule has 0 amide bonds. The molecule has 1 fully saturated rings. The lowest BCUT2D eigenvalue weighted by Crippen LogP contribution is -2.30. The second kappa shape index (κ2) is 6.38. The number of Topliss-reactive ketones (excluding diaryl/α,β-unsaturated/α-hetero) is 1. The number of rotatable bonds is 4. The van der Waals surface area contributed by atoms with Gasteiger partial charge < -0.3 is 9.47 Å². The van der Waals surface area contributed by atoms with E-state index in [-0.39, 0.29) is 17.1 Å². The lowest BCUT2D eigenvalue weighted by atomic mass is 10.0. The van der Waals surface area contributed by atoms with E-state index in [2.05, 4.69) is 0 Å². The van der Waals surface area contributed by atoms with Gasteiger partial charge in [-0.2, -0.15) is 0 Å². The Balaban J connectivity index is 1.90. The standard InChI is InChI=1S/C19H20O3S/c1-19(2)18(20)17(23-15-7-5-4-6-8-15)16(22-19)13-9-11-14(21-3)12-10-13/h4-12,16-17H,1-3H3/t16-,17?/m1/s1. The smallest absolute Gasteiger partial charge is 0.180 e. The van der Waals surface area contributed by atoms with Crippen LogP contribution in [0.1, 0.15) is 25.5 Å². The molecule has 1 aliphatic rings. The summed E-state index contributed by atoms with van der Waals surface area (Å²) in [6, 6.07) is 17.7. The molecule has 0 spiro atoms. The number of carbonyl (C=O) groups is 1. The maximum Gasteiger partial charge on any atom is 0.180 e. The molecule has 1 heterocycles. The normalized spacial score (nSPS) is 23.0. The average molecular weight is 328 g/mol. The van der Waals surface area contributed by atoms with Crippen molar-refractivity contribution in [1.82, 2.24) is 0 Å². The zero-order chi connectivity index (χ0) is 16.4. The molecule has 23 heavy (non-hydrogen) atoms. The highest BCUT2D eigenvalue weighted by Gasteiger charge is 2.49. The largest absolute Gasteiger partial charge is 0.497 e. The molecule has 4 heteroatoms. The third-order valence-corrected chi connectivity index (χ3v) is 5.26. The van der Waals surface area contributed by atoms with Gasteiger partial charge in [-0.05, 0) is 43.7 Å². The molecule has 0 aliphatic carbocycles. The molecular weight excluding hydrogens is 308 g/mol. The maximum atomic E-state index is 12.8. The molecule has 1 aliphatic heterocycles. The number of hydrogen-bond acceptors (Lipinski definition) is 4. The minimum atomic E-state index is -0.767. The molecule has 2 atom stereocenters. The van der Waals surface area contributed by atoms with E-state index in [1.54, 1.807) is 18.9 Å². The summed E-state index contributed by atoms with van der Waals surface area (Å²) in [4.78, 5) is 13.8. The predicted octanol–water partition coefficient (Wildman–Crippen LogP) is 4.28. The van der Waals surface area contributed by atoms with Crippen molar-refractivity contribution >= 4 is 17.5 Å². The number of methoxy groups -OCH3 is 1. The van der Waals surface area contributed by atoms with Crippen molar-refractivity contribution in [2.24, 2.45) is 0 Å². The van der Waals surface area contributed by atoms with Crippen LogP contribution in [0.25, 0.3) is 0 Å². The van der Waals surface area contributed by atoms with E-state index in [1.165, 1.54) is 0 Å². The van der Waals surface area contributed by atoms with Crippen molar-refractivity contribution in [3.05, 3.63) is 60.2 Å². The van der Waals surface area contributed by atoms with Crippen LogP contribution >= 0.6 is 11.8 Å². The number of ketones is 1. The van der Waals surface area contributed by atoms with Crippen LogP contribution in [-0.2, 0) is 9.53 Å². The van der Waals surface area contributed by atoms with Crippen LogP contribution in [0.5, 0.6) is 5.75 Å². The number of benzene rings is 2. The third kappa shape index (κ3) is 3.28. The first-order valence-corrected chi connectivity index (χ1v) is 8.47. The molecule has 1 unspecified atom stereocenters. The van der Waals surface area contributed by atoms with Crippen molar-refractivity contribution in [2.75, 3.05) is 7.11 Å². The molecule has 2 aromatic rings. The monoisotopic (exact) mass is 328 g/mol. The van der Waals surface area contributed by atoms with Crippen LogP contribution in [0.15, 0.2) is 59.5 Å². The zero-order valence-electron chi connectivity index (χ0n) is 13.5. The van der Waals surface area contributed by atoms with E-state index >= 15 is 0 Å². The van der Waals surface area contributed by atoms with E-state index in [1.807, 2.05) is 68.4 Å². The molecule has 0 saturated carbocycles. The molecule has 1 saturated heterocycles. The fourth-order valence-electron chi connectivity index (χ4n) is 2.71. The van der Waals surface area contributed by atoms with Gasteiger partial charge in [0.1, 0.15) is 22.7 Å². The number of hydrogen-bond donors (Lipinski definition) is 0. The molecule has 0 N–H and O–H groups in total. The summed E-state index contributed by atoms with van der Waals surface area (Å²) < 4.78 is 11.3. The van der Waals surface area contributed by atoms with Gasteiger partial charge in [-0.3, -0.25) is 4.79 Å². The third-order valence-electron chi connectivity index (χ3n) is 4.00. The Labute approximate surface area is 141 Å². The van der Waals surface area contributed by atoms with E-state index in [4.69, 9.17) is 9.47 Å². The average Bonchev–Trinajstić information content (AvgIpc) is 2.80. The van der Waals surface area contributed by atoms with Gasteiger partial charge in [0.15, 0.2) is 5.78 Å². The van der Waals surface area contributed by atoms with Crippen molar-refractivity contribution in [3.63, 3.8) is 0 Å². The van der Waals surface area contributed by atoms with Gasteiger partial charge in [0.2, 0.25) is 0 Å². The SMILES string of the molecule is COc1ccc([C@H]2OC(C)(C)C(=O)C2Sc2ccccc2)cc1. The van der Waals surface area contributed by atoms with E-state index < -0.39 is 5.60 Å². The second-order valence-electron chi connectivity index (χ2n) is 6.04. The van der Waals surface area contributed by atoms with Gasteiger partial charge in [0.05, 0.1) is 7.11 Å². The first kappa shape index (κ1) is 16.1. The van der Waals surface area contributed by atoms with Crippen LogP contribution in [0.3, 0.4) is 0 Å². The highest BCUT2D eigenvalue weighted by atomic mass is 32.2. The van der Waals surface area contributed by atoms with Crippen LogP contribution in [0.4, 0.5) is 0 Å². The molecule has 0 bridgehead atoms. The molecule has 0 radical (unpaired) electrons. The highest BCUT2D eigenvalue weighted by molar-refractivity contribution is 8.00. The lowest BCUT2D eigenvalue weighted by molar-refractivity contribution is -0.129. The van der Waals surface area contributed by atoms with Gasteiger partial charge in [-0.15, -0.1) is 11.8 Å². The zero-order valence-corrected chi connectivity index (χ0v) is 14.3. The van der Waals surface area contributed by atoms with Crippen molar-refractivity contribution in [1.29, 1.82) is 0 Å². The van der Waals surface area contributed by atoms with Crippen molar-refractivity contribution in [3.8, 4) is 5.75 Å². The second-order valence-corrected chi connectivity index (χ2v) is 7.25. The number of thioether (sulfide) groups is 1. The summed E-state index contributed by atoms with van der Waals surface area (Å²) in [6.45, 7) is 3.69. The molecular formula is C19H20O3S. The summed E-state index contributed by atoms with van der Waals surface area (Å²) in [5.41, 5.74) is 0.231. The summed E-state index contributed by atoms with van der Waals surface area (Å²) in [6.07, 6.45) is -0.256. The minimum absolute atomic E-state index is 0.132. The summed E-state index contributed by atoms with van der Waals surface area (Å²) in [7, 11) is 1.64. The molecule has 2 aromatic carbocycles. The molecule has 0 aromatic heterocycles. The topological polar surface area (TPSA) is 35.5 Å². The van der Waals surface area contributed by atoms with E-state index in [9.17, 15) is 4.79 Å². The van der Waals surface area contributed by atoms with E-state index in [0.717, 1.165) is 16.2 Å². The number of ether oxygens (including phenoxy) is 2. The van der Waals surface area contributed by atoms with Crippen molar-refractivity contribution < 1.29 is 14.3 Å². The summed E-state index contributed by atoms with van der Waals surface area (Å²) in [5, 5.41) is -0.249. The van der Waals surface area contributed by atoms with Gasteiger partial charge in [0.25, 0.3) is 0 Å².